The minimum Gasteiger partial charge on any atom is -0.506 e. The van der Waals surface area contributed by atoms with Gasteiger partial charge in [-0.05, 0) is 25.0 Å². The standard InChI is InChI=1S/C12H15ClO4/c1-3-5-7-6-8(14)10(13)11(15)9(7)12(16)17-4-2/h6,14-15H,3-5H2,1-2H3. The van der Waals surface area contributed by atoms with Crippen LogP contribution >= 0.6 is 11.6 Å². The maximum Gasteiger partial charge on any atom is 0.342 e. The number of aryl methyl sites for hydroxylation is 1. The van der Waals surface area contributed by atoms with E-state index in [0.717, 1.165) is 6.42 Å². The van der Waals surface area contributed by atoms with Gasteiger partial charge in [-0.3, -0.25) is 0 Å². The van der Waals surface area contributed by atoms with E-state index in [2.05, 4.69) is 0 Å². The Labute approximate surface area is 105 Å². The molecule has 2 N–H and O–H groups in total. The molecule has 0 atom stereocenters. The Morgan fingerprint density at radius 3 is 2.59 bits per heavy atom. The fourth-order valence-corrected chi connectivity index (χ4v) is 1.73. The molecule has 1 rings (SSSR count). The SMILES string of the molecule is CCCc1cc(O)c(Cl)c(O)c1C(=O)OCC. The lowest BCUT2D eigenvalue weighted by Gasteiger charge is -2.12. The number of phenols is 2. The number of halogens is 1. The number of carbonyl (C=O) groups excluding carboxylic acids is 1. The van der Waals surface area contributed by atoms with Crippen molar-refractivity contribution >= 4 is 17.6 Å². The minimum absolute atomic E-state index is 0.0384. The number of ether oxygens (including phenoxy) is 1. The molecule has 0 spiro atoms. The van der Waals surface area contributed by atoms with Gasteiger partial charge in [0.1, 0.15) is 16.3 Å². The number of rotatable bonds is 4. The number of phenolic OH excluding ortho intramolecular Hbond substituents is 2. The molecule has 1 aromatic rings. The second kappa shape index (κ2) is 5.77. The van der Waals surface area contributed by atoms with Gasteiger partial charge in [-0.15, -0.1) is 0 Å². The highest BCUT2D eigenvalue weighted by molar-refractivity contribution is 6.34. The van der Waals surface area contributed by atoms with Crippen molar-refractivity contribution in [2.24, 2.45) is 0 Å². The lowest BCUT2D eigenvalue weighted by atomic mass is 10.0. The van der Waals surface area contributed by atoms with Crippen LogP contribution in [0.5, 0.6) is 11.5 Å². The van der Waals surface area contributed by atoms with E-state index in [1.807, 2.05) is 6.92 Å². The highest BCUT2D eigenvalue weighted by Gasteiger charge is 2.22. The zero-order valence-corrected chi connectivity index (χ0v) is 10.5. The molecule has 17 heavy (non-hydrogen) atoms. The van der Waals surface area contributed by atoms with Crippen LogP contribution in [0.25, 0.3) is 0 Å². The van der Waals surface area contributed by atoms with Gasteiger partial charge in [0.05, 0.1) is 6.61 Å². The summed E-state index contributed by atoms with van der Waals surface area (Å²) in [5, 5.41) is 19.1. The average Bonchev–Trinajstić information content (AvgIpc) is 2.27. The van der Waals surface area contributed by atoms with Crippen molar-refractivity contribution in [1.82, 2.24) is 0 Å². The van der Waals surface area contributed by atoms with Crippen LogP contribution in [0.1, 0.15) is 36.2 Å². The molecule has 94 valence electrons. The summed E-state index contributed by atoms with van der Waals surface area (Å²) in [6.07, 6.45) is 1.32. The first kappa shape index (κ1) is 13.6. The molecule has 0 radical (unpaired) electrons. The molecule has 0 aliphatic heterocycles. The Balaban J connectivity index is 3.33. The largest absolute Gasteiger partial charge is 0.506 e. The van der Waals surface area contributed by atoms with Crippen molar-refractivity contribution in [3.8, 4) is 11.5 Å². The molecule has 0 aliphatic carbocycles. The summed E-state index contributed by atoms with van der Waals surface area (Å²) in [6, 6.07) is 1.39. The maximum absolute atomic E-state index is 11.7. The number of carbonyl (C=O) groups is 1. The zero-order chi connectivity index (χ0) is 13.0. The monoisotopic (exact) mass is 258 g/mol. The molecule has 0 unspecified atom stereocenters. The molecule has 4 nitrogen and oxygen atoms in total. The first-order valence-corrected chi connectivity index (χ1v) is 5.81. The normalized spacial score (nSPS) is 10.3. The molecule has 0 saturated carbocycles. The zero-order valence-electron chi connectivity index (χ0n) is 9.79. The molecule has 0 fully saturated rings. The van der Waals surface area contributed by atoms with Gasteiger partial charge in [-0.2, -0.15) is 0 Å². The van der Waals surface area contributed by atoms with Crippen LogP contribution < -0.4 is 0 Å². The van der Waals surface area contributed by atoms with Gasteiger partial charge in [-0.25, -0.2) is 4.79 Å². The van der Waals surface area contributed by atoms with E-state index in [9.17, 15) is 15.0 Å². The second-order valence-electron chi connectivity index (χ2n) is 3.56. The Morgan fingerprint density at radius 1 is 1.41 bits per heavy atom. The minimum atomic E-state index is -0.629. The van der Waals surface area contributed by atoms with Crippen LogP contribution in [-0.4, -0.2) is 22.8 Å². The lowest BCUT2D eigenvalue weighted by molar-refractivity contribution is 0.0521. The van der Waals surface area contributed by atoms with Gasteiger partial charge in [0, 0.05) is 0 Å². The summed E-state index contributed by atoms with van der Waals surface area (Å²) in [6.45, 7) is 3.82. The van der Waals surface area contributed by atoms with Crippen LogP contribution in [0, 0.1) is 0 Å². The van der Waals surface area contributed by atoms with Gasteiger partial charge in [0.25, 0.3) is 0 Å². The molecular formula is C12H15ClO4. The Kier molecular flexibility index (Phi) is 4.63. The van der Waals surface area contributed by atoms with Gasteiger partial charge < -0.3 is 14.9 Å². The summed E-state index contributed by atoms with van der Waals surface area (Å²) < 4.78 is 4.85. The molecule has 0 amide bonds. The van der Waals surface area contributed by atoms with E-state index in [4.69, 9.17) is 16.3 Å². The average molecular weight is 259 g/mol. The molecule has 0 aromatic heterocycles. The van der Waals surface area contributed by atoms with Crippen molar-refractivity contribution in [2.45, 2.75) is 26.7 Å². The molecular weight excluding hydrogens is 244 g/mol. The van der Waals surface area contributed by atoms with E-state index >= 15 is 0 Å². The third-order valence-corrected chi connectivity index (χ3v) is 2.67. The second-order valence-corrected chi connectivity index (χ2v) is 3.94. The third kappa shape index (κ3) is 2.82. The Morgan fingerprint density at radius 2 is 2.06 bits per heavy atom. The van der Waals surface area contributed by atoms with Gasteiger partial charge in [0.15, 0.2) is 5.75 Å². The fraction of sp³-hybridized carbons (Fsp3) is 0.417. The molecule has 1 aromatic carbocycles. The lowest BCUT2D eigenvalue weighted by Crippen LogP contribution is -2.09. The number of aromatic hydroxyl groups is 2. The summed E-state index contributed by atoms with van der Waals surface area (Å²) in [4.78, 5) is 11.7. The van der Waals surface area contributed by atoms with Gasteiger partial charge in [-0.1, -0.05) is 24.9 Å². The van der Waals surface area contributed by atoms with Crippen LogP contribution in [0.4, 0.5) is 0 Å². The number of hydrogen-bond donors (Lipinski definition) is 2. The predicted octanol–water partition coefficient (Wildman–Crippen LogP) is 2.88. The van der Waals surface area contributed by atoms with Crippen molar-refractivity contribution in [3.05, 3.63) is 22.2 Å². The van der Waals surface area contributed by atoms with Crippen molar-refractivity contribution in [3.63, 3.8) is 0 Å². The quantitative estimate of drug-likeness (QED) is 0.815. The van der Waals surface area contributed by atoms with Crippen LogP contribution in [0.3, 0.4) is 0 Å². The smallest absolute Gasteiger partial charge is 0.342 e. The van der Waals surface area contributed by atoms with Crippen molar-refractivity contribution in [2.75, 3.05) is 6.61 Å². The van der Waals surface area contributed by atoms with Crippen molar-refractivity contribution < 1.29 is 19.7 Å². The first-order chi connectivity index (χ1) is 8.02. The highest BCUT2D eigenvalue weighted by Crippen LogP contribution is 2.38. The van der Waals surface area contributed by atoms with E-state index in [0.29, 0.717) is 12.0 Å². The Hall–Kier alpha value is -1.42. The van der Waals surface area contributed by atoms with Gasteiger partial charge in [0.2, 0.25) is 0 Å². The molecule has 5 heteroatoms. The van der Waals surface area contributed by atoms with Crippen LogP contribution in [0.2, 0.25) is 5.02 Å². The highest BCUT2D eigenvalue weighted by atomic mass is 35.5. The van der Waals surface area contributed by atoms with E-state index in [1.165, 1.54) is 6.07 Å². The summed E-state index contributed by atoms with van der Waals surface area (Å²) >= 11 is 5.69. The van der Waals surface area contributed by atoms with Crippen molar-refractivity contribution in [1.29, 1.82) is 0 Å². The van der Waals surface area contributed by atoms with Crippen LogP contribution in [0.15, 0.2) is 6.07 Å². The number of esters is 1. The molecule has 0 heterocycles. The first-order valence-electron chi connectivity index (χ1n) is 5.43. The summed E-state index contributed by atoms with van der Waals surface area (Å²) in [5.74, 6) is -1.29. The Bertz CT molecular complexity index is 429. The number of benzene rings is 1. The molecule has 0 saturated heterocycles. The fourth-order valence-electron chi connectivity index (χ4n) is 1.58. The summed E-state index contributed by atoms with van der Waals surface area (Å²) in [5.41, 5.74) is 0.571. The third-order valence-electron chi connectivity index (χ3n) is 2.30. The maximum atomic E-state index is 11.7. The van der Waals surface area contributed by atoms with Crippen LogP contribution in [-0.2, 0) is 11.2 Å². The summed E-state index contributed by atoms with van der Waals surface area (Å²) in [7, 11) is 0. The van der Waals surface area contributed by atoms with Gasteiger partial charge >= 0.3 is 5.97 Å². The molecule has 0 bridgehead atoms. The molecule has 0 aliphatic rings. The topological polar surface area (TPSA) is 66.8 Å². The van der Waals surface area contributed by atoms with E-state index in [-0.39, 0.29) is 22.9 Å². The van der Waals surface area contributed by atoms with E-state index in [1.54, 1.807) is 6.92 Å². The number of hydrogen-bond acceptors (Lipinski definition) is 4. The van der Waals surface area contributed by atoms with E-state index < -0.39 is 11.7 Å². The predicted molar refractivity (Wildman–Crippen MR) is 64.7 cm³/mol.